The minimum absolute atomic E-state index is 0.119. The van der Waals surface area contributed by atoms with Crippen LogP contribution >= 0.6 is 23.5 Å². The first-order valence-electron chi connectivity index (χ1n) is 6.16. The van der Waals surface area contributed by atoms with Crippen molar-refractivity contribution in [1.82, 2.24) is 14.6 Å². The van der Waals surface area contributed by atoms with Gasteiger partial charge in [0.2, 0.25) is 5.65 Å². The molecule has 0 aromatic carbocycles. The third kappa shape index (κ3) is 2.83. The zero-order chi connectivity index (χ0) is 13.9. The van der Waals surface area contributed by atoms with Crippen molar-refractivity contribution in [3.05, 3.63) is 28.4 Å². The number of thioether (sulfide) groups is 2. The van der Waals surface area contributed by atoms with E-state index in [0.29, 0.717) is 16.7 Å². The van der Waals surface area contributed by atoms with Gasteiger partial charge in [-0.25, -0.2) is 4.98 Å². The average molecular weight is 311 g/mol. The third-order valence-electron chi connectivity index (χ3n) is 2.93. The summed E-state index contributed by atoms with van der Waals surface area (Å²) in [5.74, 6) is 4.04. The fraction of sp³-hybridized carbons (Fsp3) is 0.455. The first-order valence-corrected chi connectivity index (χ1v) is 8.37. The number of hydrogen-bond donors (Lipinski definition) is 1. The molecule has 1 aliphatic heterocycles. The van der Waals surface area contributed by atoms with Crippen LogP contribution in [-0.2, 0) is 0 Å². The normalized spacial score (nSPS) is 19.1. The molecule has 0 radical (unpaired) electrons. The van der Waals surface area contributed by atoms with E-state index in [1.165, 1.54) is 22.2 Å². The molecule has 0 saturated carbocycles. The minimum atomic E-state index is -0.482. The van der Waals surface area contributed by atoms with Crippen molar-refractivity contribution in [3.63, 3.8) is 0 Å². The number of nitrogens with one attached hydrogen (secondary N) is 1. The lowest BCUT2D eigenvalue weighted by molar-refractivity contribution is -0.391. The van der Waals surface area contributed by atoms with Crippen molar-refractivity contribution < 1.29 is 4.92 Å². The Hall–Kier alpha value is -1.48. The van der Waals surface area contributed by atoms with Crippen molar-refractivity contribution in [2.75, 3.05) is 29.1 Å². The van der Waals surface area contributed by atoms with Crippen LogP contribution in [0.25, 0.3) is 5.65 Å². The van der Waals surface area contributed by atoms with Crippen LogP contribution in [0.5, 0.6) is 0 Å². The smallest absolute Gasteiger partial charge is 0.366 e. The molecule has 9 heteroatoms. The van der Waals surface area contributed by atoms with E-state index in [4.69, 9.17) is 0 Å². The van der Waals surface area contributed by atoms with Gasteiger partial charge in [0.25, 0.3) is 0 Å². The maximum atomic E-state index is 10.9. The Morgan fingerprint density at radius 1 is 1.50 bits per heavy atom. The van der Waals surface area contributed by atoms with E-state index in [1.54, 1.807) is 12.1 Å². The fourth-order valence-corrected chi connectivity index (χ4v) is 4.56. The Labute approximate surface area is 123 Å². The highest BCUT2D eigenvalue weighted by molar-refractivity contribution is 8.06. The SMILES string of the molecule is O=[N+]([O-])c1cnc2ccc(NCC3CSCCS3)nn12. The summed E-state index contributed by atoms with van der Waals surface area (Å²) in [6.07, 6.45) is 1.22. The molecule has 1 N–H and O–H groups in total. The third-order valence-corrected chi connectivity index (χ3v) is 5.77. The molecule has 7 nitrogen and oxygen atoms in total. The summed E-state index contributed by atoms with van der Waals surface area (Å²) < 4.78 is 1.26. The molecular weight excluding hydrogens is 298 g/mol. The van der Waals surface area contributed by atoms with Gasteiger partial charge in [-0.2, -0.15) is 23.5 Å². The van der Waals surface area contributed by atoms with Gasteiger partial charge in [-0.3, -0.25) is 0 Å². The van der Waals surface area contributed by atoms with Gasteiger partial charge >= 0.3 is 5.82 Å². The second kappa shape index (κ2) is 5.88. The van der Waals surface area contributed by atoms with E-state index in [9.17, 15) is 10.1 Å². The molecule has 1 unspecified atom stereocenters. The molecule has 2 aromatic rings. The molecule has 0 aliphatic carbocycles. The van der Waals surface area contributed by atoms with Gasteiger partial charge in [-0.05, 0) is 11.0 Å². The molecule has 0 amide bonds. The fourth-order valence-electron chi connectivity index (χ4n) is 1.95. The van der Waals surface area contributed by atoms with Crippen molar-refractivity contribution in [3.8, 4) is 0 Å². The number of aromatic nitrogens is 3. The predicted molar refractivity (Wildman–Crippen MR) is 81.7 cm³/mol. The van der Waals surface area contributed by atoms with Crippen LogP contribution in [0, 0.1) is 10.1 Å². The van der Waals surface area contributed by atoms with E-state index in [-0.39, 0.29) is 5.82 Å². The van der Waals surface area contributed by atoms with Crippen molar-refractivity contribution in [2.24, 2.45) is 0 Å². The van der Waals surface area contributed by atoms with Crippen LogP contribution in [0.1, 0.15) is 0 Å². The summed E-state index contributed by atoms with van der Waals surface area (Å²) in [5, 5.41) is 18.9. The Balaban J connectivity index is 1.74. The number of anilines is 1. The van der Waals surface area contributed by atoms with E-state index in [0.717, 1.165) is 12.3 Å². The molecule has 1 aliphatic rings. The number of nitro groups is 1. The summed E-state index contributed by atoms with van der Waals surface area (Å²) >= 11 is 3.92. The molecule has 1 saturated heterocycles. The van der Waals surface area contributed by atoms with Crippen LogP contribution in [0.15, 0.2) is 18.3 Å². The molecule has 20 heavy (non-hydrogen) atoms. The number of imidazole rings is 1. The van der Waals surface area contributed by atoms with Crippen molar-refractivity contribution >= 4 is 40.8 Å². The van der Waals surface area contributed by atoms with Crippen LogP contribution in [-0.4, -0.2) is 48.6 Å². The zero-order valence-corrected chi connectivity index (χ0v) is 12.2. The lowest BCUT2D eigenvalue weighted by Crippen LogP contribution is -2.23. The molecular formula is C11H13N5O2S2. The number of fused-ring (bicyclic) bond motifs is 1. The van der Waals surface area contributed by atoms with Crippen LogP contribution < -0.4 is 5.32 Å². The second-order valence-electron chi connectivity index (χ2n) is 4.31. The number of rotatable bonds is 4. The first-order chi connectivity index (χ1) is 9.74. The van der Waals surface area contributed by atoms with Crippen molar-refractivity contribution in [2.45, 2.75) is 5.25 Å². The van der Waals surface area contributed by atoms with Gasteiger partial charge in [0, 0.05) is 35.1 Å². The topological polar surface area (TPSA) is 85.4 Å². The van der Waals surface area contributed by atoms with Crippen LogP contribution in [0.2, 0.25) is 0 Å². The van der Waals surface area contributed by atoms with E-state index in [2.05, 4.69) is 15.4 Å². The largest absolute Gasteiger partial charge is 0.368 e. The predicted octanol–water partition coefficient (Wildman–Crippen LogP) is 1.90. The van der Waals surface area contributed by atoms with E-state index >= 15 is 0 Å². The van der Waals surface area contributed by atoms with Gasteiger partial charge in [-0.15, -0.1) is 0 Å². The minimum Gasteiger partial charge on any atom is -0.366 e. The van der Waals surface area contributed by atoms with Gasteiger partial charge in [0.15, 0.2) is 5.82 Å². The first kappa shape index (κ1) is 13.5. The van der Waals surface area contributed by atoms with E-state index in [1.807, 2.05) is 23.5 Å². The highest BCUT2D eigenvalue weighted by Crippen LogP contribution is 2.24. The summed E-state index contributed by atoms with van der Waals surface area (Å²) in [4.78, 5) is 14.3. The van der Waals surface area contributed by atoms with Crippen LogP contribution in [0.4, 0.5) is 11.6 Å². The van der Waals surface area contributed by atoms with Crippen LogP contribution in [0.3, 0.4) is 0 Å². The average Bonchev–Trinajstić information content (AvgIpc) is 2.89. The molecule has 3 rings (SSSR count). The summed E-state index contributed by atoms with van der Waals surface area (Å²) in [6.45, 7) is 0.818. The van der Waals surface area contributed by atoms with Gasteiger partial charge in [0.1, 0.15) is 6.20 Å². The standard InChI is InChI=1S/C11H13N5O2S2/c17-16(18)11-6-13-10-2-1-9(14-15(10)11)12-5-8-7-19-3-4-20-8/h1-2,6,8H,3-5,7H2,(H,12,14). The second-order valence-corrected chi connectivity index (χ2v) is 6.87. The molecule has 3 heterocycles. The molecule has 2 aromatic heterocycles. The Kier molecular flexibility index (Phi) is 3.97. The molecule has 1 atom stereocenters. The Morgan fingerprint density at radius 3 is 3.15 bits per heavy atom. The number of nitrogens with zero attached hydrogens (tertiary/aromatic N) is 4. The molecule has 1 fully saturated rings. The Morgan fingerprint density at radius 2 is 2.40 bits per heavy atom. The lowest BCUT2D eigenvalue weighted by Gasteiger charge is -2.21. The quantitative estimate of drug-likeness (QED) is 0.681. The monoisotopic (exact) mass is 311 g/mol. The van der Waals surface area contributed by atoms with Gasteiger partial charge in [0.05, 0.1) is 0 Å². The summed E-state index contributed by atoms with van der Waals surface area (Å²) in [5.41, 5.74) is 0.477. The maximum Gasteiger partial charge on any atom is 0.368 e. The lowest BCUT2D eigenvalue weighted by atomic mass is 10.4. The van der Waals surface area contributed by atoms with Gasteiger partial charge < -0.3 is 15.4 Å². The van der Waals surface area contributed by atoms with E-state index < -0.39 is 4.92 Å². The molecule has 106 valence electrons. The molecule has 0 bridgehead atoms. The highest BCUT2D eigenvalue weighted by Gasteiger charge is 2.17. The maximum absolute atomic E-state index is 10.9. The Bertz CT molecular complexity index is 626. The zero-order valence-electron chi connectivity index (χ0n) is 10.6. The highest BCUT2D eigenvalue weighted by atomic mass is 32.2. The summed E-state index contributed by atoms with van der Waals surface area (Å²) in [7, 11) is 0. The summed E-state index contributed by atoms with van der Waals surface area (Å²) in [6, 6.07) is 3.53. The van der Waals surface area contributed by atoms with Crippen molar-refractivity contribution in [1.29, 1.82) is 0 Å². The van der Waals surface area contributed by atoms with Gasteiger partial charge in [-0.1, -0.05) is 9.61 Å². The number of hydrogen-bond acceptors (Lipinski definition) is 7. The molecule has 0 spiro atoms.